The van der Waals surface area contributed by atoms with E-state index in [2.05, 4.69) is 119 Å². The molecule has 0 radical (unpaired) electrons. The smallest absolute Gasteiger partial charge is 0.242 e. The number of hydrogen-bond acceptors (Lipinski definition) is 5. The first kappa shape index (κ1) is 34.1. The van der Waals surface area contributed by atoms with Crippen LogP contribution in [0.2, 0.25) is 58.9 Å². The van der Waals surface area contributed by atoms with Gasteiger partial charge in [0.2, 0.25) is 16.6 Å². The van der Waals surface area contributed by atoms with E-state index in [1.54, 1.807) is 0 Å². The number of unbranched alkanes of at least 4 members (excludes halogenated alkanes) is 1. The van der Waals surface area contributed by atoms with Crippen molar-refractivity contribution in [2.24, 2.45) is 0 Å². The maximum Gasteiger partial charge on any atom is 0.242 e. The molecule has 0 saturated carbocycles. The number of aryl methyl sites for hydroxylation is 1. The van der Waals surface area contributed by atoms with Crippen LogP contribution in [0.15, 0.2) is 72.8 Å². The van der Waals surface area contributed by atoms with Gasteiger partial charge in [-0.15, -0.1) is 0 Å². The average Bonchev–Trinajstić information content (AvgIpc) is 2.89. The number of hydrogen-bond donors (Lipinski definition) is 1. The van der Waals surface area contributed by atoms with Gasteiger partial charge in [-0.25, -0.2) is 0 Å². The van der Waals surface area contributed by atoms with Crippen LogP contribution in [0.5, 0.6) is 17.2 Å². The molecule has 3 aromatic carbocycles. The standard InChI is InChI=1S/C34H53NO4Si3/c1-40(2,3)37-32-23-20-30(25-33(32)38-41(4,5)6)34(39-42(7,8)9)26-35-24-14-13-15-28-18-21-31(22-19-28)36-27-29-16-11-10-12-17-29/h10-12,16-23,25,34-35H,13-15,24,26-27H2,1-9H3/t34-/m0/s1. The molecule has 1 atom stereocenters. The van der Waals surface area contributed by atoms with Crippen molar-refractivity contribution in [3.63, 3.8) is 0 Å². The molecule has 3 rings (SSSR count). The normalized spacial score (nSPS) is 13.1. The van der Waals surface area contributed by atoms with Crippen LogP contribution in [-0.2, 0) is 17.5 Å². The van der Waals surface area contributed by atoms with Crippen molar-refractivity contribution in [3.05, 3.63) is 89.5 Å². The van der Waals surface area contributed by atoms with Gasteiger partial charge in [0.1, 0.15) is 23.9 Å². The number of rotatable bonds is 17. The summed E-state index contributed by atoms with van der Waals surface area (Å²) in [6.07, 6.45) is 3.28. The monoisotopic (exact) mass is 623 g/mol. The molecule has 0 fully saturated rings. The number of ether oxygens (including phenoxy) is 1. The van der Waals surface area contributed by atoms with Gasteiger partial charge in [-0.1, -0.05) is 48.5 Å². The van der Waals surface area contributed by atoms with Crippen LogP contribution in [0, 0.1) is 0 Å². The van der Waals surface area contributed by atoms with Crippen LogP contribution < -0.4 is 18.9 Å². The predicted molar refractivity (Wildman–Crippen MR) is 185 cm³/mol. The van der Waals surface area contributed by atoms with Gasteiger partial charge in [0.25, 0.3) is 0 Å². The summed E-state index contributed by atoms with van der Waals surface area (Å²) in [6, 6.07) is 25.2. The van der Waals surface area contributed by atoms with Gasteiger partial charge in [0.05, 0.1) is 6.10 Å². The van der Waals surface area contributed by atoms with Crippen LogP contribution in [0.1, 0.15) is 35.6 Å². The zero-order valence-electron chi connectivity index (χ0n) is 27.4. The van der Waals surface area contributed by atoms with Crippen molar-refractivity contribution < 1.29 is 18.0 Å². The molecule has 1 N–H and O–H groups in total. The molecule has 8 heteroatoms. The molecule has 0 aliphatic heterocycles. The third-order valence-corrected chi connectivity index (χ3v) is 8.89. The third kappa shape index (κ3) is 13.3. The molecule has 0 aromatic heterocycles. The summed E-state index contributed by atoms with van der Waals surface area (Å²) in [5.41, 5.74) is 3.67. The Labute approximate surface area is 258 Å². The van der Waals surface area contributed by atoms with E-state index in [9.17, 15) is 0 Å². The Balaban J connectivity index is 1.52. The molecule has 230 valence electrons. The van der Waals surface area contributed by atoms with Crippen LogP contribution >= 0.6 is 0 Å². The first-order valence-corrected chi connectivity index (χ1v) is 25.6. The van der Waals surface area contributed by atoms with Gasteiger partial charge >= 0.3 is 0 Å². The van der Waals surface area contributed by atoms with E-state index in [1.807, 2.05) is 18.2 Å². The van der Waals surface area contributed by atoms with E-state index in [-0.39, 0.29) is 6.10 Å². The lowest BCUT2D eigenvalue weighted by Gasteiger charge is -2.30. The fourth-order valence-electron chi connectivity index (χ4n) is 4.51. The Bertz CT molecular complexity index is 1220. The second-order valence-electron chi connectivity index (χ2n) is 13.9. The molecular weight excluding hydrogens is 571 g/mol. The average molecular weight is 624 g/mol. The maximum atomic E-state index is 6.67. The van der Waals surface area contributed by atoms with Crippen LogP contribution in [0.4, 0.5) is 0 Å². The minimum atomic E-state index is -1.82. The lowest BCUT2D eigenvalue weighted by Crippen LogP contribution is -2.34. The minimum Gasteiger partial charge on any atom is -0.542 e. The number of benzene rings is 3. The third-order valence-electron chi connectivity index (χ3n) is 6.24. The molecule has 0 unspecified atom stereocenters. The zero-order valence-corrected chi connectivity index (χ0v) is 30.4. The topological polar surface area (TPSA) is 49.0 Å². The highest BCUT2D eigenvalue weighted by Gasteiger charge is 2.26. The summed E-state index contributed by atoms with van der Waals surface area (Å²) < 4.78 is 25.5. The highest BCUT2D eigenvalue weighted by molar-refractivity contribution is 6.71. The first-order chi connectivity index (χ1) is 19.7. The molecule has 0 aliphatic rings. The van der Waals surface area contributed by atoms with E-state index in [4.69, 9.17) is 18.0 Å². The van der Waals surface area contributed by atoms with E-state index >= 15 is 0 Å². The van der Waals surface area contributed by atoms with E-state index in [0.717, 1.165) is 55.2 Å². The molecule has 0 saturated heterocycles. The molecule has 5 nitrogen and oxygen atoms in total. The largest absolute Gasteiger partial charge is 0.542 e. The van der Waals surface area contributed by atoms with Gasteiger partial charge < -0.3 is 23.3 Å². The van der Waals surface area contributed by atoms with Crippen molar-refractivity contribution in [1.29, 1.82) is 0 Å². The zero-order chi connectivity index (χ0) is 30.8. The predicted octanol–water partition coefficient (Wildman–Crippen LogP) is 9.20. The lowest BCUT2D eigenvalue weighted by atomic mass is 10.1. The Hall–Kier alpha value is -2.37. The lowest BCUT2D eigenvalue weighted by molar-refractivity contribution is 0.193. The second kappa shape index (κ2) is 15.4. The SMILES string of the molecule is C[Si](C)(C)Oc1ccc([C@H](CNCCCCc2ccc(OCc3ccccc3)cc2)O[Si](C)(C)C)cc1O[Si](C)(C)C. The Morgan fingerprint density at radius 3 is 1.90 bits per heavy atom. The highest BCUT2D eigenvalue weighted by Crippen LogP contribution is 2.35. The van der Waals surface area contributed by atoms with Gasteiger partial charge in [0, 0.05) is 6.54 Å². The Morgan fingerprint density at radius 1 is 0.643 bits per heavy atom. The van der Waals surface area contributed by atoms with Gasteiger partial charge in [0.15, 0.2) is 8.32 Å². The second-order valence-corrected chi connectivity index (χ2v) is 27.3. The summed E-state index contributed by atoms with van der Waals surface area (Å²) in [5, 5.41) is 3.68. The van der Waals surface area contributed by atoms with Crippen molar-refractivity contribution >= 4 is 25.0 Å². The molecular formula is C34H53NO4Si3. The van der Waals surface area contributed by atoms with Crippen molar-refractivity contribution in [2.75, 3.05) is 13.1 Å². The van der Waals surface area contributed by atoms with Gasteiger partial charge in [-0.2, -0.15) is 0 Å². The van der Waals surface area contributed by atoms with Crippen molar-refractivity contribution in [2.45, 2.75) is 90.9 Å². The number of nitrogens with one attached hydrogen (secondary N) is 1. The van der Waals surface area contributed by atoms with E-state index < -0.39 is 25.0 Å². The summed E-state index contributed by atoms with van der Waals surface area (Å²) >= 11 is 0. The summed E-state index contributed by atoms with van der Waals surface area (Å²) in [4.78, 5) is 0. The summed E-state index contributed by atoms with van der Waals surface area (Å²) in [5.74, 6) is 2.63. The van der Waals surface area contributed by atoms with Gasteiger partial charge in [-0.05, 0) is 126 Å². The van der Waals surface area contributed by atoms with Gasteiger partial charge in [-0.3, -0.25) is 0 Å². The van der Waals surface area contributed by atoms with Crippen LogP contribution in [-0.4, -0.2) is 38.0 Å². The Kier molecular flexibility index (Phi) is 12.5. The fraction of sp³-hybridized carbons (Fsp3) is 0.471. The fourth-order valence-corrected chi connectivity index (χ4v) is 7.23. The van der Waals surface area contributed by atoms with Crippen LogP contribution in [0.3, 0.4) is 0 Å². The van der Waals surface area contributed by atoms with E-state index in [1.165, 1.54) is 11.1 Å². The Morgan fingerprint density at radius 2 is 1.29 bits per heavy atom. The molecule has 0 aliphatic carbocycles. The summed E-state index contributed by atoms with van der Waals surface area (Å²) in [6.45, 7) is 22.3. The van der Waals surface area contributed by atoms with Crippen LogP contribution in [0.25, 0.3) is 0 Å². The quantitative estimate of drug-likeness (QED) is 0.120. The van der Waals surface area contributed by atoms with Crippen molar-refractivity contribution in [1.82, 2.24) is 5.32 Å². The molecule has 42 heavy (non-hydrogen) atoms. The van der Waals surface area contributed by atoms with E-state index in [0.29, 0.717) is 6.61 Å². The molecule has 3 aromatic rings. The maximum absolute atomic E-state index is 6.67. The highest BCUT2D eigenvalue weighted by atomic mass is 28.4. The molecule has 0 amide bonds. The molecule has 0 heterocycles. The molecule has 0 bridgehead atoms. The first-order valence-electron chi connectivity index (χ1n) is 15.3. The molecule has 0 spiro atoms. The van der Waals surface area contributed by atoms with Crippen molar-refractivity contribution in [3.8, 4) is 17.2 Å². The summed E-state index contributed by atoms with van der Waals surface area (Å²) in [7, 11) is -5.37. The minimum absolute atomic E-state index is 0.0231.